The van der Waals surface area contributed by atoms with Crippen LogP contribution in [-0.4, -0.2) is 0 Å². The Morgan fingerprint density at radius 2 is 1.68 bits per heavy atom. The quantitative estimate of drug-likeness (QED) is 0.862. The van der Waals surface area contributed by atoms with Crippen LogP contribution in [0.2, 0.25) is 5.02 Å². The monoisotopic (exact) mass is 277 g/mol. The van der Waals surface area contributed by atoms with Gasteiger partial charge in [0.15, 0.2) is 0 Å². The van der Waals surface area contributed by atoms with Crippen LogP contribution in [0, 0.1) is 26.6 Å². The first-order chi connectivity index (χ1) is 8.90. The average Bonchev–Trinajstić information content (AvgIpc) is 2.36. The third-order valence-corrected chi connectivity index (χ3v) is 3.83. The molecule has 0 fully saturated rings. The Bertz CT molecular complexity index is 622. The Kier molecular flexibility index (Phi) is 3.93. The van der Waals surface area contributed by atoms with Crippen molar-refractivity contribution in [2.45, 2.75) is 26.8 Å². The fraction of sp³-hybridized carbons (Fsp3) is 0.250. The van der Waals surface area contributed by atoms with Gasteiger partial charge in [0.25, 0.3) is 0 Å². The highest BCUT2D eigenvalue weighted by Gasteiger charge is 2.14. The van der Waals surface area contributed by atoms with Gasteiger partial charge in [-0.05, 0) is 60.7 Å². The summed E-state index contributed by atoms with van der Waals surface area (Å²) in [5.74, 6) is -0.208. The van der Waals surface area contributed by atoms with Gasteiger partial charge in [-0.3, -0.25) is 0 Å². The van der Waals surface area contributed by atoms with E-state index in [1.807, 2.05) is 26.0 Å². The minimum atomic E-state index is -0.268. The molecule has 2 aromatic rings. The van der Waals surface area contributed by atoms with E-state index in [2.05, 4.69) is 0 Å². The standard InChI is InChI=1S/C16H17ClFN/c1-9-8-14(17)10(2)7-13(9)16(19)12-4-5-15(18)11(3)6-12/h4-8,16H,19H2,1-3H3. The van der Waals surface area contributed by atoms with E-state index in [1.165, 1.54) is 6.07 Å². The lowest BCUT2D eigenvalue weighted by Crippen LogP contribution is -2.14. The van der Waals surface area contributed by atoms with Gasteiger partial charge in [-0.15, -0.1) is 0 Å². The van der Waals surface area contributed by atoms with E-state index in [1.54, 1.807) is 19.1 Å². The van der Waals surface area contributed by atoms with Crippen molar-refractivity contribution in [3.8, 4) is 0 Å². The summed E-state index contributed by atoms with van der Waals surface area (Å²) in [6.45, 7) is 5.68. The highest BCUT2D eigenvalue weighted by Crippen LogP contribution is 2.28. The molecule has 0 heterocycles. The molecule has 1 unspecified atom stereocenters. The molecule has 0 aliphatic rings. The Labute approximate surface area is 118 Å². The topological polar surface area (TPSA) is 26.0 Å². The summed E-state index contributed by atoms with van der Waals surface area (Å²) in [5.41, 5.74) is 10.9. The fourth-order valence-corrected chi connectivity index (χ4v) is 2.40. The molecule has 100 valence electrons. The first-order valence-electron chi connectivity index (χ1n) is 6.18. The lowest BCUT2D eigenvalue weighted by molar-refractivity contribution is 0.617. The van der Waals surface area contributed by atoms with Crippen LogP contribution < -0.4 is 5.73 Å². The van der Waals surface area contributed by atoms with Crippen LogP contribution in [0.15, 0.2) is 30.3 Å². The number of rotatable bonds is 2. The van der Waals surface area contributed by atoms with E-state index < -0.39 is 0 Å². The van der Waals surface area contributed by atoms with Crippen LogP contribution in [-0.2, 0) is 0 Å². The minimum absolute atomic E-state index is 0.208. The van der Waals surface area contributed by atoms with Gasteiger partial charge in [-0.1, -0.05) is 29.8 Å². The zero-order chi connectivity index (χ0) is 14.2. The number of nitrogens with two attached hydrogens (primary N) is 1. The highest BCUT2D eigenvalue weighted by molar-refractivity contribution is 6.31. The molecule has 0 saturated heterocycles. The largest absolute Gasteiger partial charge is 0.320 e. The fourth-order valence-electron chi connectivity index (χ4n) is 2.18. The van der Waals surface area contributed by atoms with Crippen molar-refractivity contribution in [2.75, 3.05) is 0 Å². The first-order valence-corrected chi connectivity index (χ1v) is 6.56. The van der Waals surface area contributed by atoms with Gasteiger partial charge >= 0.3 is 0 Å². The van der Waals surface area contributed by atoms with Crippen molar-refractivity contribution in [1.29, 1.82) is 0 Å². The Morgan fingerprint density at radius 1 is 1.00 bits per heavy atom. The molecule has 0 saturated carbocycles. The molecule has 3 heteroatoms. The van der Waals surface area contributed by atoms with Crippen molar-refractivity contribution in [1.82, 2.24) is 0 Å². The second-order valence-corrected chi connectivity index (χ2v) is 5.35. The molecular formula is C16H17ClFN. The lowest BCUT2D eigenvalue weighted by atomic mass is 9.93. The van der Waals surface area contributed by atoms with Crippen LogP contribution in [0.5, 0.6) is 0 Å². The van der Waals surface area contributed by atoms with E-state index in [4.69, 9.17) is 17.3 Å². The Morgan fingerprint density at radius 3 is 2.32 bits per heavy atom. The van der Waals surface area contributed by atoms with Gasteiger partial charge in [0.2, 0.25) is 0 Å². The second-order valence-electron chi connectivity index (χ2n) is 4.94. The minimum Gasteiger partial charge on any atom is -0.320 e. The van der Waals surface area contributed by atoms with E-state index in [9.17, 15) is 4.39 Å². The molecule has 2 aromatic carbocycles. The third-order valence-electron chi connectivity index (χ3n) is 3.42. The van der Waals surface area contributed by atoms with Gasteiger partial charge in [0.05, 0.1) is 6.04 Å². The molecule has 1 atom stereocenters. The molecule has 0 aliphatic heterocycles. The van der Waals surface area contributed by atoms with Crippen LogP contribution in [0.4, 0.5) is 4.39 Å². The summed E-state index contributed by atoms with van der Waals surface area (Å²) >= 11 is 6.09. The van der Waals surface area contributed by atoms with Gasteiger partial charge in [-0.25, -0.2) is 4.39 Å². The molecule has 0 aliphatic carbocycles. The molecular weight excluding hydrogens is 261 g/mol. The molecule has 2 rings (SSSR count). The first kappa shape index (κ1) is 14.0. The Hall–Kier alpha value is -1.38. The van der Waals surface area contributed by atoms with Crippen molar-refractivity contribution < 1.29 is 4.39 Å². The maximum absolute atomic E-state index is 13.3. The lowest BCUT2D eigenvalue weighted by Gasteiger charge is -2.17. The summed E-state index contributed by atoms with van der Waals surface area (Å²) in [6.07, 6.45) is 0. The highest BCUT2D eigenvalue weighted by atomic mass is 35.5. The summed E-state index contributed by atoms with van der Waals surface area (Å²) in [5, 5.41) is 0.740. The third kappa shape index (κ3) is 2.80. The van der Waals surface area contributed by atoms with E-state index >= 15 is 0 Å². The van der Waals surface area contributed by atoms with Crippen LogP contribution in [0.25, 0.3) is 0 Å². The number of aryl methyl sites for hydroxylation is 3. The molecule has 0 bridgehead atoms. The van der Waals surface area contributed by atoms with E-state index in [0.29, 0.717) is 5.56 Å². The van der Waals surface area contributed by atoms with Crippen molar-refractivity contribution >= 4 is 11.6 Å². The number of halogens is 2. The smallest absolute Gasteiger partial charge is 0.126 e. The molecule has 19 heavy (non-hydrogen) atoms. The van der Waals surface area contributed by atoms with Gasteiger partial charge in [0, 0.05) is 5.02 Å². The van der Waals surface area contributed by atoms with Crippen LogP contribution in [0.3, 0.4) is 0 Å². The SMILES string of the molecule is Cc1cc(C(N)c2cc(C)c(Cl)cc2C)ccc1F. The zero-order valence-electron chi connectivity index (χ0n) is 11.3. The molecule has 0 spiro atoms. The average molecular weight is 278 g/mol. The summed E-state index contributed by atoms with van der Waals surface area (Å²) in [6, 6.07) is 8.64. The van der Waals surface area contributed by atoms with Gasteiger partial charge in [0.1, 0.15) is 5.82 Å². The van der Waals surface area contributed by atoms with Crippen molar-refractivity contribution in [3.05, 3.63) is 69.0 Å². The summed E-state index contributed by atoms with van der Waals surface area (Å²) in [4.78, 5) is 0. The molecule has 0 amide bonds. The number of hydrogen-bond donors (Lipinski definition) is 1. The van der Waals surface area contributed by atoms with E-state index in [0.717, 1.165) is 27.3 Å². The van der Waals surface area contributed by atoms with Crippen molar-refractivity contribution in [3.63, 3.8) is 0 Å². The van der Waals surface area contributed by atoms with Crippen LogP contribution in [0.1, 0.15) is 33.9 Å². The predicted octanol–water partition coefficient (Wildman–Crippen LogP) is 4.45. The zero-order valence-corrected chi connectivity index (χ0v) is 12.1. The Balaban J connectivity index is 2.46. The molecule has 0 radical (unpaired) electrons. The summed E-state index contributed by atoms with van der Waals surface area (Å²) in [7, 11) is 0. The maximum atomic E-state index is 13.3. The summed E-state index contributed by atoms with van der Waals surface area (Å²) < 4.78 is 13.3. The van der Waals surface area contributed by atoms with Crippen LogP contribution >= 0.6 is 11.6 Å². The molecule has 0 aromatic heterocycles. The molecule has 2 N–H and O–H groups in total. The normalized spacial score (nSPS) is 12.5. The number of benzene rings is 2. The molecule has 1 nitrogen and oxygen atoms in total. The van der Waals surface area contributed by atoms with E-state index in [-0.39, 0.29) is 11.9 Å². The van der Waals surface area contributed by atoms with Crippen molar-refractivity contribution in [2.24, 2.45) is 5.73 Å². The predicted molar refractivity (Wildman–Crippen MR) is 78.1 cm³/mol. The number of hydrogen-bond acceptors (Lipinski definition) is 1. The maximum Gasteiger partial charge on any atom is 0.126 e. The van der Waals surface area contributed by atoms with Gasteiger partial charge in [-0.2, -0.15) is 0 Å². The second kappa shape index (κ2) is 5.32. The van der Waals surface area contributed by atoms with Gasteiger partial charge < -0.3 is 5.73 Å².